The van der Waals surface area contributed by atoms with E-state index in [1.165, 1.54) is 12.1 Å². The van der Waals surface area contributed by atoms with Gasteiger partial charge in [0.25, 0.3) is 0 Å². The van der Waals surface area contributed by atoms with Gasteiger partial charge in [0.2, 0.25) is 0 Å². The lowest BCUT2D eigenvalue weighted by atomic mass is 10.2. The summed E-state index contributed by atoms with van der Waals surface area (Å²) in [7, 11) is 0. The number of aryl methyl sites for hydroxylation is 1. The van der Waals surface area contributed by atoms with Crippen LogP contribution < -0.4 is 5.32 Å². The molecule has 1 unspecified atom stereocenters. The zero-order valence-corrected chi connectivity index (χ0v) is 8.54. The highest BCUT2D eigenvalue weighted by Crippen LogP contribution is 2.25. The number of aromatic hydroxyl groups is 1. The number of hydrogen-bond donors (Lipinski definition) is 3. The van der Waals surface area contributed by atoms with E-state index in [1.54, 1.807) is 13.0 Å². The van der Waals surface area contributed by atoms with Crippen molar-refractivity contribution in [3.8, 4) is 5.75 Å². The fourth-order valence-corrected chi connectivity index (χ4v) is 1.11. The van der Waals surface area contributed by atoms with Crippen LogP contribution in [0.3, 0.4) is 0 Å². The van der Waals surface area contributed by atoms with E-state index >= 15 is 0 Å². The first-order chi connectivity index (χ1) is 7.30. The fraction of sp³-hybridized carbons (Fsp3) is 0.400. The normalized spacial score (nSPS) is 13.6. The largest absolute Gasteiger partial charge is 0.506 e. The molecular formula is C10H12F3NO2. The molecule has 0 spiro atoms. The van der Waals surface area contributed by atoms with Gasteiger partial charge in [-0.2, -0.15) is 13.2 Å². The summed E-state index contributed by atoms with van der Waals surface area (Å²) in [6.07, 6.45) is -7.11. The molecule has 0 aliphatic carbocycles. The molecular weight excluding hydrogens is 223 g/mol. The fourth-order valence-electron chi connectivity index (χ4n) is 1.11. The Balaban J connectivity index is 2.64. The van der Waals surface area contributed by atoms with Crippen LogP contribution in [0.1, 0.15) is 5.56 Å². The molecule has 1 aromatic rings. The van der Waals surface area contributed by atoms with E-state index in [1.807, 2.05) is 0 Å². The molecule has 0 aliphatic rings. The molecule has 0 saturated heterocycles. The minimum absolute atomic E-state index is 0.153. The molecule has 0 saturated carbocycles. The van der Waals surface area contributed by atoms with Gasteiger partial charge < -0.3 is 15.5 Å². The van der Waals surface area contributed by atoms with Crippen LogP contribution in [0, 0.1) is 6.92 Å². The van der Waals surface area contributed by atoms with E-state index in [9.17, 15) is 18.3 Å². The molecule has 6 heteroatoms. The maximum absolute atomic E-state index is 12.0. The lowest BCUT2D eigenvalue weighted by Crippen LogP contribution is -2.35. The van der Waals surface area contributed by atoms with E-state index in [-0.39, 0.29) is 11.4 Å². The molecule has 3 nitrogen and oxygen atoms in total. The zero-order chi connectivity index (χ0) is 12.3. The molecule has 0 amide bonds. The summed E-state index contributed by atoms with van der Waals surface area (Å²) < 4.78 is 35.9. The number of hydrogen-bond acceptors (Lipinski definition) is 3. The van der Waals surface area contributed by atoms with Crippen LogP contribution in [0.4, 0.5) is 18.9 Å². The van der Waals surface area contributed by atoms with Crippen molar-refractivity contribution in [1.29, 1.82) is 0 Å². The summed E-state index contributed by atoms with van der Waals surface area (Å²) >= 11 is 0. The highest BCUT2D eigenvalue weighted by atomic mass is 19.4. The maximum atomic E-state index is 12.0. The highest BCUT2D eigenvalue weighted by Gasteiger charge is 2.37. The first-order valence-corrected chi connectivity index (χ1v) is 4.59. The predicted octanol–water partition coefficient (Wildman–Crippen LogP) is 2.04. The van der Waals surface area contributed by atoms with Crippen LogP contribution in [-0.4, -0.2) is 29.0 Å². The summed E-state index contributed by atoms with van der Waals surface area (Å²) in [6, 6.07) is 4.50. The molecule has 3 N–H and O–H groups in total. The average molecular weight is 235 g/mol. The topological polar surface area (TPSA) is 52.5 Å². The Bertz CT molecular complexity index is 366. The molecule has 0 bridgehead atoms. The van der Waals surface area contributed by atoms with Crippen molar-refractivity contribution in [2.75, 3.05) is 11.9 Å². The van der Waals surface area contributed by atoms with Gasteiger partial charge in [0.15, 0.2) is 6.10 Å². The second-order valence-electron chi connectivity index (χ2n) is 3.46. The molecule has 0 aromatic heterocycles. The third-order valence-corrected chi connectivity index (χ3v) is 2.02. The van der Waals surface area contributed by atoms with Crippen molar-refractivity contribution in [1.82, 2.24) is 0 Å². The average Bonchev–Trinajstić information content (AvgIpc) is 2.17. The molecule has 1 atom stereocenters. The lowest BCUT2D eigenvalue weighted by Gasteiger charge is -2.16. The molecule has 16 heavy (non-hydrogen) atoms. The van der Waals surface area contributed by atoms with E-state index in [0.29, 0.717) is 0 Å². The van der Waals surface area contributed by atoms with Gasteiger partial charge >= 0.3 is 6.18 Å². The first kappa shape index (κ1) is 12.6. The van der Waals surface area contributed by atoms with E-state index in [0.717, 1.165) is 5.56 Å². The zero-order valence-electron chi connectivity index (χ0n) is 8.54. The summed E-state index contributed by atoms with van der Waals surface area (Å²) in [5.41, 5.74) is 0.963. The Kier molecular flexibility index (Phi) is 3.64. The number of alkyl halides is 3. The van der Waals surface area contributed by atoms with E-state index in [2.05, 4.69) is 5.32 Å². The Morgan fingerprint density at radius 2 is 2.00 bits per heavy atom. The Labute approximate surface area is 90.5 Å². The van der Waals surface area contributed by atoms with Crippen LogP contribution in [0.25, 0.3) is 0 Å². The van der Waals surface area contributed by atoms with Gasteiger partial charge in [0.1, 0.15) is 5.75 Å². The van der Waals surface area contributed by atoms with Crippen molar-refractivity contribution in [3.05, 3.63) is 23.8 Å². The Morgan fingerprint density at radius 1 is 1.38 bits per heavy atom. The number of halogens is 3. The number of aliphatic hydroxyl groups is 1. The highest BCUT2D eigenvalue weighted by molar-refractivity contribution is 5.57. The quantitative estimate of drug-likeness (QED) is 0.703. The monoisotopic (exact) mass is 235 g/mol. The van der Waals surface area contributed by atoms with Crippen molar-refractivity contribution >= 4 is 5.69 Å². The van der Waals surface area contributed by atoms with Gasteiger partial charge in [0.05, 0.1) is 5.69 Å². The van der Waals surface area contributed by atoms with Gasteiger partial charge in [0, 0.05) is 6.54 Å². The van der Waals surface area contributed by atoms with Gasteiger partial charge in [-0.1, -0.05) is 6.07 Å². The van der Waals surface area contributed by atoms with Crippen molar-refractivity contribution in [2.24, 2.45) is 0 Å². The van der Waals surface area contributed by atoms with Crippen molar-refractivity contribution < 1.29 is 23.4 Å². The second-order valence-corrected chi connectivity index (χ2v) is 3.46. The Morgan fingerprint density at radius 3 is 2.56 bits per heavy atom. The number of nitrogens with one attached hydrogen (secondary N) is 1. The number of phenols is 1. The molecule has 0 radical (unpaired) electrons. The van der Waals surface area contributed by atoms with Gasteiger partial charge in [-0.3, -0.25) is 0 Å². The summed E-state index contributed by atoms with van der Waals surface area (Å²) in [6.45, 7) is 1.05. The van der Waals surface area contributed by atoms with Crippen LogP contribution in [0.15, 0.2) is 18.2 Å². The summed E-state index contributed by atoms with van der Waals surface area (Å²) in [5, 5.41) is 20.4. The summed E-state index contributed by atoms with van der Waals surface area (Å²) in [4.78, 5) is 0. The van der Waals surface area contributed by atoms with Gasteiger partial charge in [-0.05, 0) is 24.6 Å². The molecule has 1 rings (SSSR count). The standard InChI is InChI=1S/C10H12F3NO2/c1-6-2-3-8(15)7(4-6)14-5-9(16)10(11,12)13/h2-4,9,14-16H,5H2,1H3. The molecule has 0 fully saturated rings. The van der Waals surface area contributed by atoms with E-state index < -0.39 is 18.8 Å². The van der Waals surface area contributed by atoms with Crippen molar-refractivity contribution in [3.63, 3.8) is 0 Å². The molecule has 0 heterocycles. The first-order valence-electron chi connectivity index (χ1n) is 4.59. The Hall–Kier alpha value is -1.43. The van der Waals surface area contributed by atoms with Gasteiger partial charge in [-0.25, -0.2) is 0 Å². The van der Waals surface area contributed by atoms with Gasteiger partial charge in [-0.15, -0.1) is 0 Å². The van der Waals surface area contributed by atoms with Crippen LogP contribution in [-0.2, 0) is 0 Å². The smallest absolute Gasteiger partial charge is 0.416 e. The number of aliphatic hydroxyl groups excluding tert-OH is 1. The number of rotatable bonds is 3. The van der Waals surface area contributed by atoms with Crippen LogP contribution in [0.2, 0.25) is 0 Å². The van der Waals surface area contributed by atoms with E-state index in [4.69, 9.17) is 5.11 Å². The predicted molar refractivity (Wildman–Crippen MR) is 53.4 cm³/mol. The van der Waals surface area contributed by atoms with Crippen LogP contribution >= 0.6 is 0 Å². The van der Waals surface area contributed by atoms with Crippen LogP contribution in [0.5, 0.6) is 5.75 Å². The molecule has 1 aromatic carbocycles. The minimum Gasteiger partial charge on any atom is -0.506 e. The number of phenolic OH excluding ortho intramolecular Hbond substituents is 1. The third-order valence-electron chi connectivity index (χ3n) is 2.02. The SMILES string of the molecule is Cc1ccc(O)c(NCC(O)C(F)(F)F)c1. The maximum Gasteiger partial charge on any atom is 0.416 e. The third kappa shape index (κ3) is 3.30. The number of benzene rings is 1. The number of anilines is 1. The minimum atomic E-state index is -4.66. The van der Waals surface area contributed by atoms with Crippen molar-refractivity contribution in [2.45, 2.75) is 19.2 Å². The lowest BCUT2D eigenvalue weighted by molar-refractivity contribution is -0.198. The molecule has 90 valence electrons. The summed E-state index contributed by atoms with van der Waals surface area (Å²) in [5.74, 6) is -0.153. The molecule has 0 aliphatic heterocycles. The second kappa shape index (κ2) is 4.61.